The molecule has 1 atom stereocenters. The van der Waals surface area contributed by atoms with Crippen LogP contribution in [0.25, 0.3) is 0 Å². The van der Waals surface area contributed by atoms with Crippen LogP contribution in [0.1, 0.15) is 39.9 Å². The molecule has 2 aliphatic rings. The summed E-state index contributed by atoms with van der Waals surface area (Å²) in [6, 6.07) is 11.6. The molecule has 0 spiro atoms. The second-order valence-corrected chi connectivity index (χ2v) is 7.42. The fourth-order valence-electron chi connectivity index (χ4n) is 3.94. The van der Waals surface area contributed by atoms with Gasteiger partial charge in [-0.3, -0.25) is 9.59 Å². The quantitative estimate of drug-likeness (QED) is 0.905. The average Bonchev–Trinajstić information content (AvgIpc) is 3.30. The standard InChI is InChI=1S/C22H24N2O3/c1-14-10-15(2)12-17(11-14)21(25)23-18-6-5-16-7-8-24(19(16)13-18)22(26)20-4-3-9-27-20/h5-6,10-13,20H,3-4,7-9H2,1-2H3,(H,23,25). The average molecular weight is 364 g/mol. The van der Waals surface area contributed by atoms with Crippen LogP contribution in [-0.2, 0) is 16.0 Å². The van der Waals surface area contributed by atoms with Crippen LogP contribution in [0.3, 0.4) is 0 Å². The minimum atomic E-state index is -0.329. The number of hydrogen-bond acceptors (Lipinski definition) is 3. The Morgan fingerprint density at radius 1 is 1.11 bits per heavy atom. The first-order chi connectivity index (χ1) is 13.0. The van der Waals surface area contributed by atoms with Gasteiger partial charge in [0.1, 0.15) is 6.10 Å². The first kappa shape index (κ1) is 17.7. The lowest BCUT2D eigenvalue weighted by Crippen LogP contribution is -2.37. The van der Waals surface area contributed by atoms with E-state index in [9.17, 15) is 9.59 Å². The van der Waals surface area contributed by atoms with Gasteiger partial charge in [0.15, 0.2) is 0 Å². The summed E-state index contributed by atoms with van der Waals surface area (Å²) in [4.78, 5) is 27.2. The highest BCUT2D eigenvalue weighted by Crippen LogP contribution is 2.32. The predicted molar refractivity (Wildman–Crippen MR) is 105 cm³/mol. The summed E-state index contributed by atoms with van der Waals surface area (Å²) in [5, 5.41) is 2.96. The number of nitrogens with zero attached hydrogens (tertiary/aromatic N) is 1. The lowest BCUT2D eigenvalue weighted by Gasteiger charge is -2.21. The van der Waals surface area contributed by atoms with Gasteiger partial charge >= 0.3 is 0 Å². The number of fused-ring (bicyclic) bond motifs is 1. The van der Waals surface area contributed by atoms with E-state index in [1.807, 2.05) is 50.2 Å². The van der Waals surface area contributed by atoms with Gasteiger partial charge < -0.3 is 15.0 Å². The summed E-state index contributed by atoms with van der Waals surface area (Å²) in [6.07, 6.45) is 2.22. The van der Waals surface area contributed by atoms with Gasteiger partial charge in [0, 0.05) is 30.1 Å². The van der Waals surface area contributed by atoms with E-state index in [1.54, 1.807) is 4.90 Å². The van der Waals surface area contributed by atoms with Crippen LogP contribution >= 0.6 is 0 Å². The van der Waals surface area contributed by atoms with Crippen LogP contribution in [0.2, 0.25) is 0 Å². The van der Waals surface area contributed by atoms with E-state index >= 15 is 0 Å². The van der Waals surface area contributed by atoms with E-state index in [2.05, 4.69) is 5.32 Å². The molecule has 140 valence electrons. The fraction of sp³-hybridized carbons (Fsp3) is 0.364. The zero-order chi connectivity index (χ0) is 19.0. The second-order valence-electron chi connectivity index (χ2n) is 7.42. The Balaban J connectivity index is 1.54. The van der Waals surface area contributed by atoms with Crippen molar-refractivity contribution in [1.29, 1.82) is 0 Å². The maximum atomic E-state index is 12.8. The molecule has 0 bridgehead atoms. The monoisotopic (exact) mass is 364 g/mol. The van der Waals surface area contributed by atoms with E-state index in [0.29, 0.717) is 24.4 Å². The van der Waals surface area contributed by atoms with Crippen LogP contribution in [0.5, 0.6) is 0 Å². The summed E-state index contributed by atoms with van der Waals surface area (Å²) in [5.41, 5.74) is 5.47. The SMILES string of the molecule is Cc1cc(C)cc(C(=O)Nc2ccc3c(c2)N(C(=O)C2CCCO2)CC3)c1. The Labute approximate surface area is 159 Å². The molecule has 1 N–H and O–H groups in total. The summed E-state index contributed by atoms with van der Waals surface area (Å²) in [7, 11) is 0. The largest absolute Gasteiger partial charge is 0.368 e. The first-order valence-corrected chi connectivity index (χ1v) is 9.47. The smallest absolute Gasteiger partial charge is 0.256 e. The number of amides is 2. The van der Waals surface area contributed by atoms with Crippen molar-refractivity contribution in [2.75, 3.05) is 23.4 Å². The van der Waals surface area contributed by atoms with Gasteiger partial charge in [0.25, 0.3) is 11.8 Å². The summed E-state index contributed by atoms with van der Waals surface area (Å²) >= 11 is 0. The lowest BCUT2D eigenvalue weighted by atomic mass is 10.1. The van der Waals surface area contributed by atoms with Gasteiger partial charge in [-0.25, -0.2) is 0 Å². The van der Waals surface area contributed by atoms with E-state index < -0.39 is 0 Å². The van der Waals surface area contributed by atoms with E-state index in [0.717, 1.165) is 41.6 Å². The maximum absolute atomic E-state index is 12.8. The van der Waals surface area contributed by atoms with Crippen molar-refractivity contribution in [2.45, 2.75) is 39.2 Å². The molecule has 0 aliphatic carbocycles. The van der Waals surface area contributed by atoms with Gasteiger partial charge in [0.05, 0.1) is 0 Å². The zero-order valence-corrected chi connectivity index (χ0v) is 15.7. The normalized spacial score (nSPS) is 18.4. The van der Waals surface area contributed by atoms with Gasteiger partial charge in [-0.1, -0.05) is 23.3 Å². The number of rotatable bonds is 3. The molecule has 0 radical (unpaired) electrons. The molecule has 2 aromatic carbocycles. The van der Waals surface area contributed by atoms with Crippen molar-refractivity contribution in [3.63, 3.8) is 0 Å². The summed E-state index contributed by atoms with van der Waals surface area (Å²) in [6.45, 7) is 5.28. The molecule has 1 saturated heterocycles. The van der Waals surface area contributed by atoms with Crippen molar-refractivity contribution in [3.8, 4) is 0 Å². The number of anilines is 2. The topological polar surface area (TPSA) is 58.6 Å². The lowest BCUT2D eigenvalue weighted by molar-refractivity contribution is -0.127. The molecule has 27 heavy (non-hydrogen) atoms. The molecule has 1 unspecified atom stereocenters. The van der Waals surface area contributed by atoms with Crippen molar-refractivity contribution in [2.24, 2.45) is 0 Å². The predicted octanol–water partition coefficient (Wildman–Crippen LogP) is 3.62. The van der Waals surface area contributed by atoms with E-state index in [-0.39, 0.29) is 17.9 Å². The molecule has 1 fully saturated rings. The van der Waals surface area contributed by atoms with Gasteiger partial charge in [-0.2, -0.15) is 0 Å². The Hall–Kier alpha value is -2.66. The van der Waals surface area contributed by atoms with E-state index in [1.165, 1.54) is 0 Å². The number of carbonyl (C=O) groups excluding carboxylic acids is 2. The molecule has 2 aromatic rings. The highest BCUT2D eigenvalue weighted by atomic mass is 16.5. The van der Waals surface area contributed by atoms with Crippen molar-refractivity contribution < 1.29 is 14.3 Å². The maximum Gasteiger partial charge on any atom is 0.256 e. The number of carbonyl (C=O) groups is 2. The molecule has 2 amide bonds. The van der Waals surface area contributed by atoms with Crippen molar-refractivity contribution >= 4 is 23.2 Å². The Bertz CT molecular complexity index is 880. The fourth-order valence-corrected chi connectivity index (χ4v) is 3.94. The number of nitrogens with one attached hydrogen (secondary N) is 1. The molecule has 5 heteroatoms. The van der Waals surface area contributed by atoms with Gasteiger partial charge in [0.2, 0.25) is 0 Å². The number of benzene rings is 2. The minimum Gasteiger partial charge on any atom is -0.368 e. The summed E-state index contributed by atoms with van der Waals surface area (Å²) in [5.74, 6) is -0.110. The first-order valence-electron chi connectivity index (χ1n) is 9.47. The Morgan fingerprint density at radius 3 is 2.59 bits per heavy atom. The van der Waals surface area contributed by atoms with Crippen LogP contribution < -0.4 is 10.2 Å². The molecule has 0 aromatic heterocycles. The van der Waals surface area contributed by atoms with Crippen LogP contribution in [0.15, 0.2) is 36.4 Å². The van der Waals surface area contributed by atoms with Crippen LogP contribution in [-0.4, -0.2) is 31.1 Å². The highest BCUT2D eigenvalue weighted by molar-refractivity contribution is 6.05. The zero-order valence-electron chi connectivity index (χ0n) is 15.7. The molecular weight excluding hydrogens is 340 g/mol. The highest BCUT2D eigenvalue weighted by Gasteiger charge is 2.32. The third-order valence-corrected chi connectivity index (χ3v) is 5.19. The molecule has 4 rings (SSSR count). The van der Waals surface area contributed by atoms with Gasteiger partial charge in [-0.15, -0.1) is 0 Å². The second kappa shape index (κ2) is 7.16. The molecule has 0 saturated carbocycles. The molecule has 5 nitrogen and oxygen atoms in total. The van der Waals surface area contributed by atoms with Crippen molar-refractivity contribution in [1.82, 2.24) is 0 Å². The Kier molecular flexibility index (Phi) is 4.70. The molecule has 2 heterocycles. The number of hydrogen-bond donors (Lipinski definition) is 1. The van der Waals surface area contributed by atoms with Gasteiger partial charge in [-0.05, 0) is 62.9 Å². The number of aryl methyl sites for hydroxylation is 2. The molecule has 2 aliphatic heterocycles. The van der Waals surface area contributed by atoms with Crippen molar-refractivity contribution in [3.05, 3.63) is 58.7 Å². The third kappa shape index (κ3) is 3.60. The number of ether oxygens (including phenoxy) is 1. The van der Waals surface area contributed by atoms with E-state index in [4.69, 9.17) is 4.74 Å². The Morgan fingerprint density at radius 2 is 1.89 bits per heavy atom. The summed E-state index contributed by atoms with van der Waals surface area (Å²) < 4.78 is 5.56. The molecular formula is C22H24N2O3. The van der Waals surface area contributed by atoms with Crippen LogP contribution in [0, 0.1) is 13.8 Å². The third-order valence-electron chi connectivity index (χ3n) is 5.19. The van der Waals surface area contributed by atoms with Crippen LogP contribution in [0.4, 0.5) is 11.4 Å². The minimum absolute atomic E-state index is 0.0315.